The molecular weight excluding hydrogens is 198 g/mol. The predicted molar refractivity (Wildman–Crippen MR) is 55.6 cm³/mol. The van der Waals surface area contributed by atoms with Gasteiger partial charge in [0, 0.05) is 0 Å². The Labute approximate surface area is 92.2 Å². The summed E-state index contributed by atoms with van der Waals surface area (Å²) in [5.41, 5.74) is 2.15. The largest absolute Gasteiger partial charge is 1.00 e. The van der Waals surface area contributed by atoms with Crippen molar-refractivity contribution in [2.45, 2.75) is 20.8 Å². The molecule has 0 radical (unpaired) electrons. The van der Waals surface area contributed by atoms with Gasteiger partial charge in [-0.1, -0.05) is 31.5 Å². The minimum absolute atomic E-state index is 0. The van der Waals surface area contributed by atoms with E-state index in [0.29, 0.717) is 5.90 Å². The summed E-state index contributed by atoms with van der Waals surface area (Å²) in [6.07, 6.45) is 0. The molecule has 1 aromatic carbocycles. The maximum atomic E-state index is 5.54. The highest BCUT2D eigenvalue weighted by atomic mass is 35.5. The van der Waals surface area contributed by atoms with Crippen LogP contribution in [0.5, 0.6) is 0 Å². The van der Waals surface area contributed by atoms with E-state index >= 15 is 0 Å². The number of methoxy groups -OCH3 is 1. The molecule has 3 heteroatoms. The van der Waals surface area contributed by atoms with E-state index in [4.69, 9.17) is 10.1 Å². The second kappa shape index (κ2) is 8.57. The van der Waals surface area contributed by atoms with Gasteiger partial charge in [-0.3, -0.25) is 0 Å². The lowest BCUT2D eigenvalue weighted by Gasteiger charge is -1.96. The van der Waals surface area contributed by atoms with Gasteiger partial charge in [-0.25, -0.2) is 5.41 Å². The van der Waals surface area contributed by atoms with Gasteiger partial charge in [0.1, 0.15) is 0 Å². The first-order chi connectivity index (χ1) is 6.24. The highest BCUT2D eigenvalue weighted by Crippen LogP contribution is 2.02. The monoisotopic (exact) mass is 215 g/mol. The summed E-state index contributed by atoms with van der Waals surface area (Å²) >= 11 is 0. The molecular formula is C11H18ClNO. The Hall–Kier alpha value is -1.02. The van der Waals surface area contributed by atoms with Crippen molar-refractivity contribution < 1.29 is 22.6 Å². The lowest BCUT2D eigenvalue weighted by Crippen LogP contribution is -3.00. The van der Waals surface area contributed by atoms with E-state index in [1.807, 2.05) is 45.0 Å². The molecule has 0 heterocycles. The summed E-state index contributed by atoms with van der Waals surface area (Å²) in [6.45, 7) is 6.03. The summed E-state index contributed by atoms with van der Waals surface area (Å²) in [6, 6.07) is 7.88. The Morgan fingerprint density at radius 3 is 1.93 bits per heavy atom. The van der Waals surface area contributed by atoms with Crippen LogP contribution in [0.1, 0.15) is 25.0 Å². The molecule has 1 aromatic rings. The summed E-state index contributed by atoms with van der Waals surface area (Å²) in [4.78, 5) is 0. The Morgan fingerprint density at radius 2 is 1.57 bits per heavy atom. The minimum Gasteiger partial charge on any atom is -1.00 e. The molecule has 0 unspecified atom stereocenters. The normalized spacial score (nSPS) is 7.71. The number of nitrogens with two attached hydrogens (primary N) is 1. The molecule has 0 bridgehead atoms. The zero-order valence-electron chi connectivity index (χ0n) is 9.17. The van der Waals surface area contributed by atoms with Crippen LogP contribution in [0.15, 0.2) is 24.3 Å². The predicted octanol–water partition coefficient (Wildman–Crippen LogP) is -1.82. The second-order valence-electron chi connectivity index (χ2n) is 2.43. The van der Waals surface area contributed by atoms with E-state index < -0.39 is 0 Å². The number of halogens is 1. The number of aryl methyl sites for hydroxylation is 1. The van der Waals surface area contributed by atoms with E-state index in [9.17, 15) is 0 Å². The maximum absolute atomic E-state index is 5.54. The molecule has 0 aliphatic rings. The minimum atomic E-state index is 0. The Kier molecular flexibility index (Phi) is 9.46. The lowest BCUT2D eigenvalue weighted by molar-refractivity contribution is -0.135. The molecule has 0 saturated carbocycles. The number of hydrogen-bond acceptors (Lipinski definition) is 1. The van der Waals surface area contributed by atoms with Crippen molar-refractivity contribution >= 4 is 5.90 Å². The van der Waals surface area contributed by atoms with Crippen LogP contribution in [0.2, 0.25) is 0 Å². The Balaban J connectivity index is 0. The van der Waals surface area contributed by atoms with Gasteiger partial charge < -0.3 is 17.1 Å². The lowest BCUT2D eigenvalue weighted by atomic mass is 10.1. The van der Waals surface area contributed by atoms with Crippen LogP contribution in [0.3, 0.4) is 0 Å². The number of benzene rings is 1. The fourth-order valence-electron chi connectivity index (χ4n) is 0.836. The van der Waals surface area contributed by atoms with Crippen molar-refractivity contribution in [2.24, 2.45) is 0 Å². The average molecular weight is 216 g/mol. The molecule has 1 rings (SSSR count). The SMILES string of the molecule is CC.COC(=[NH2+])c1ccc(C)cc1.[Cl-]. The van der Waals surface area contributed by atoms with Crippen LogP contribution in [-0.4, -0.2) is 13.0 Å². The molecule has 0 aromatic heterocycles. The summed E-state index contributed by atoms with van der Waals surface area (Å²) in [7, 11) is 1.56. The molecule has 0 aliphatic carbocycles. The Bertz CT molecular complexity index is 256. The van der Waals surface area contributed by atoms with Crippen molar-refractivity contribution in [1.29, 1.82) is 0 Å². The second-order valence-corrected chi connectivity index (χ2v) is 2.43. The van der Waals surface area contributed by atoms with E-state index in [-0.39, 0.29) is 12.4 Å². The van der Waals surface area contributed by atoms with Gasteiger partial charge in [0.15, 0.2) is 0 Å². The summed E-state index contributed by atoms with van der Waals surface area (Å²) < 4.78 is 4.87. The average Bonchev–Trinajstić information content (AvgIpc) is 2.21. The van der Waals surface area contributed by atoms with Gasteiger partial charge in [0.25, 0.3) is 0 Å². The molecule has 0 amide bonds. The first-order valence-electron chi connectivity index (χ1n) is 4.47. The van der Waals surface area contributed by atoms with E-state index in [1.165, 1.54) is 5.56 Å². The fraction of sp³-hybridized carbons (Fsp3) is 0.364. The van der Waals surface area contributed by atoms with Gasteiger partial charge in [-0.2, -0.15) is 0 Å². The highest BCUT2D eigenvalue weighted by molar-refractivity contribution is 5.88. The Morgan fingerprint density at radius 1 is 1.14 bits per heavy atom. The first-order valence-corrected chi connectivity index (χ1v) is 4.47. The highest BCUT2D eigenvalue weighted by Gasteiger charge is 2.03. The van der Waals surface area contributed by atoms with Gasteiger partial charge in [-0.05, 0) is 19.1 Å². The van der Waals surface area contributed by atoms with Gasteiger partial charge in [0.05, 0.1) is 12.7 Å². The topological polar surface area (TPSA) is 34.8 Å². The maximum Gasteiger partial charge on any atom is 0.366 e. The first kappa shape index (κ1) is 15.5. The third kappa shape index (κ3) is 4.87. The van der Waals surface area contributed by atoms with Crippen molar-refractivity contribution in [3.63, 3.8) is 0 Å². The van der Waals surface area contributed by atoms with Gasteiger partial charge in [-0.15, -0.1) is 0 Å². The molecule has 2 N–H and O–H groups in total. The smallest absolute Gasteiger partial charge is 0.366 e. The third-order valence-corrected chi connectivity index (χ3v) is 1.56. The molecule has 2 nitrogen and oxygen atoms in total. The van der Waals surface area contributed by atoms with Gasteiger partial charge in [0.2, 0.25) is 0 Å². The summed E-state index contributed by atoms with van der Waals surface area (Å²) in [5, 5.41) is 5.54. The van der Waals surface area contributed by atoms with E-state index in [1.54, 1.807) is 7.11 Å². The quantitative estimate of drug-likeness (QED) is 0.435. The van der Waals surface area contributed by atoms with Gasteiger partial charge >= 0.3 is 5.90 Å². The van der Waals surface area contributed by atoms with Crippen molar-refractivity contribution in [3.8, 4) is 0 Å². The van der Waals surface area contributed by atoms with Crippen LogP contribution in [-0.2, 0) is 4.74 Å². The van der Waals surface area contributed by atoms with Crippen LogP contribution in [0.25, 0.3) is 0 Å². The molecule has 0 spiro atoms. The zero-order chi connectivity index (χ0) is 10.3. The molecule has 80 valence electrons. The number of rotatable bonds is 1. The number of hydrogen-bond donors (Lipinski definition) is 1. The van der Waals surface area contributed by atoms with Crippen LogP contribution < -0.4 is 17.8 Å². The third-order valence-electron chi connectivity index (χ3n) is 1.56. The molecule has 0 fully saturated rings. The van der Waals surface area contributed by atoms with E-state index in [0.717, 1.165) is 5.56 Å². The van der Waals surface area contributed by atoms with Crippen LogP contribution in [0.4, 0.5) is 0 Å². The zero-order valence-corrected chi connectivity index (χ0v) is 9.93. The van der Waals surface area contributed by atoms with Crippen LogP contribution in [0, 0.1) is 6.92 Å². The van der Waals surface area contributed by atoms with Crippen molar-refractivity contribution in [2.75, 3.05) is 7.11 Å². The molecule has 0 atom stereocenters. The van der Waals surface area contributed by atoms with Crippen LogP contribution >= 0.6 is 0 Å². The fourth-order valence-corrected chi connectivity index (χ4v) is 0.836. The molecule has 0 aliphatic heterocycles. The van der Waals surface area contributed by atoms with E-state index in [2.05, 4.69) is 0 Å². The molecule has 0 saturated heterocycles. The number of ether oxygens (including phenoxy) is 1. The molecule has 14 heavy (non-hydrogen) atoms. The summed E-state index contributed by atoms with van der Waals surface area (Å²) in [5.74, 6) is 0.463. The van der Waals surface area contributed by atoms with Crippen molar-refractivity contribution in [1.82, 2.24) is 0 Å². The van der Waals surface area contributed by atoms with Crippen molar-refractivity contribution in [3.05, 3.63) is 35.4 Å². The standard InChI is InChI=1S/C9H11NO.C2H6.ClH/c1-7-3-5-8(6-4-7)9(10)11-2;1-2;/h3-6,10H,1-2H3;1-2H3;1H.